The van der Waals surface area contributed by atoms with Crippen LogP contribution in [0.2, 0.25) is 39.3 Å². The van der Waals surface area contributed by atoms with Gasteiger partial charge in [-0.15, -0.1) is 0 Å². The zero-order valence-corrected chi connectivity index (χ0v) is 16.5. The van der Waals surface area contributed by atoms with Gasteiger partial charge in [0.2, 0.25) is 0 Å². The van der Waals surface area contributed by atoms with E-state index in [4.69, 9.17) is 0 Å². The second-order valence-electron chi connectivity index (χ2n) is 8.09. The van der Waals surface area contributed by atoms with Crippen molar-refractivity contribution in [2.75, 3.05) is 0 Å². The molecule has 0 amide bonds. The number of rotatable bonds is 3. The molecular formula is C19H28Si2. The Labute approximate surface area is 132 Å². The Kier molecular flexibility index (Phi) is 4.32. The van der Waals surface area contributed by atoms with Crippen LogP contribution < -0.4 is 10.4 Å². The van der Waals surface area contributed by atoms with E-state index in [1.165, 1.54) is 16.7 Å². The van der Waals surface area contributed by atoms with Crippen LogP contribution in [0.1, 0.15) is 5.56 Å². The molecular weight excluding hydrogens is 284 g/mol. The van der Waals surface area contributed by atoms with Gasteiger partial charge in [-0.3, -0.25) is 0 Å². The van der Waals surface area contributed by atoms with E-state index in [0.29, 0.717) is 0 Å². The summed E-state index contributed by atoms with van der Waals surface area (Å²) >= 11 is 0. The SMILES string of the molecule is Cc1ccc(-c2ccccc2[Si](C)(C)C)c([Si](C)(C)C)c1. The summed E-state index contributed by atoms with van der Waals surface area (Å²) in [6.07, 6.45) is 0. The smallest absolute Gasteiger partial charge is 0.0656 e. The molecule has 0 aliphatic heterocycles. The molecule has 2 heteroatoms. The van der Waals surface area contributed by atoms with Crippen LogP contribution in [0, 0.1) is 6.92 Å². The summed E-state index contributed by atoms with van der Waals surface area (Å²) in [7, 11) is -2.70. The first-order valence-corrected chi connectivity index (χ1v) is 14.8. The molecule has 0 saturated heterocycles. The minimum absolute atomic E-state index is 1.34. The molecule has 0 atom stereocenters. The van der Waals surface area contributed by atoms with Gasteiger partial charge in [-0.25, -0.2) is 0 Å². The van der Waals surface area contributed by atoms with E-state index in [1.807, 2.05) is 0 Å². The molecule has 0 unspecified atom stereocenters. The molecule has 0 aliphatic rings. The lowest BCUT2D eigenvalue weighted by Crippen LogP contribution is -2.43. The number of aryl methyl sites for hydroxylation is 1. The van der Waals surface area contributed by atoms with Crippen LogP contribution >= 0.6 is 0 Å². The first kappa shape index (κ1) is 16.2. The lowest BCUT2D eigenvalue weighted by Gasteiger charge is -2.26. The fraction of sp³-hybridized carbons (Fsp3) is 0.368. The van der Waals surface area contributed by atoms with Crippen molar-refractivity contribution in [2.24, 2.45) is 0 Å². The van der Waals surface area contributed by atoms with Gasteiger partial charge in [0.1, 0.15) is 0 Å². The Morgan fingerprint density at radius 1 is 0.619 bits per heavy atom. The van der Waals surface area contributed by atoms with E-state index >= 15 is 0 Å². The second-order valence-corrected chi connectivity index (χ2v) is 18.2. The summed E-state index contributed by atoms with van der Waals surface area (Å²) in [5.74, 6) is 0. The molecule has 0 nitrogen and oxygen atoms in total. The van der Waals surface area contributed by atoms with Gasteiger partial charge < -0.3 is 0 Å². The monoisotopic (exact) mass is 312 g/mol. The highest BCUT2D eigenvalue weighted by atomic mass is 28.3. The highest BCUT2D eigenvalue weighted by Gasteiger charge is 2.25. The van der Waals surface area contributed by atoms with Crippen LogP contribution in [0.15, 0.2) is 42.5 Å². The van der Waals surface area contributed by atoms with Crippen molar-refractivity contribution in [3.8, 4) is 11.1 Å². The molecule has 0 bridgehead atoms. The molecule has 2 aromatic rings. The molecule has 0 aromatic heterocycles. The number of hydrogen-bond donors (Lipinski definition) is 0. The molecule has 0 spiro atoms. The molecule has 21 heavy (non-hydrogen) atoms. The van der Waals surface area contributed by atoms with Gasteiger partial charge >= 0.3 is 0 Å². The summed E-state index contributed by atoms with van der Waals surface area (Å²) in [6, 6.07) is 16.1. The number of hydrogen-bond acceptors (Lipinski definition) is 0. The zero-order valence-electron chi connectivity index (χ0n) is 14.5. The van der Waals surface area contributed by atoms with Crippen molar-refractivity contribution >= 4 is 26.5 Å². The van der Waals surface area contributed by atoms with E-state index in [2.05, 4.69) is 88.7 Å². The van der Waals surface area contributed by atoms with Gasteiger partial charge in [0.05, 0.1) is 16.1 Å². The van der Waals surface area contributed by atoms with Gasteiger partial charge in [-0.05, 0) is 18.1 Å². The van der Waals surface area contributed by atoms with Gasteiger partial charge in [-0.2, -0.15) is 0 Å². The highest BCUT2D eigenvalue weighted by molar-refractivity contribution is 6.91. The third-order valence-electron chi connectivity index (χ3n) is 4.01. The van der Waals surface area contributed by atoms with Gasteiger partial charge in [0.25, 0.3) is 0 Å². The molecule has 2 rings (SSSR count). The molecule has 0 N–H and O–H groups in total. The molecule has 112 valence electrons. The van der Waals surface area contributed by atoms with Crippen LogP contribution in [-0.2, 0) is 0 Å². The van der Waals surface area contributed by atoms with Gasteiger partial charge in [-0.1, -0.05) is 97.7 Å². The zero-order chi connectivity index (χ0) is 15.8. The Morgan fingerprint density at radius 3 is 1.71 bits per heavy atom. The second kappa shape index (κ2) is 5.58. The fourth-order valence-corrected chi connectivity index (χ4v) is 6.19. The van der Waals surface area contributed by atoms with E-state index in [-0.39, 0.29) is 0 Å². The first-order valence-electron chi connectivity index (χ1n) is 7.82. The maximum Gasteiger partial charge on any atom is 0.0784 e. The van der Waals surface area contributed by atoms with Gasteiger partial charge in [0.15, 0.2) is 0 Å². The van der Waals surface area contributed by atoms with Crippen LogP contribution in [0.5, 0.6) is 0 Å². The highest BCUT2D eigenvalue weighted by Crippen LogP contribution is 2.22. The average Bonchev–Trinajstić information content (AvgIpc) is 2.36. The molecule has 0 aliphatic carbocycles. The Balaban J connectivity index is 2.75. The third kappa shape index (κ3) is 3.56. The summed E-state index contributed by atoms with van der Waals surface area (Å²) in [6.45, 7) is 16.9. The van der Waals surface area contributed by atoms with E-state index in [0.717, 1.165) is 0 Å². The number of benzene rings is 2. The van der Waals surface area contributed by atoms with Crippen molar-refractivity contribution in [2.45, 2.75) is 46.2 Å². The minimum atomic E-state index is -1.36. The van der Waals surface area contributed by atoms with E-state index in [1.54, 1.807) is 10.4 Å². The van der Waals surface area contributed by atoms with E-state index in [9.17, 15) is 0 Å². The van der Waals surface area contributed by atoms with Crippen LogP contribution in [0.3, 0.4) is 0 Å². The Hall–Kier alpha value is -1.13. The van der Waals surface area contributed by atoms with Crippen LogP contribution in [-0.4, -0.2) is 16.1 Å². The van der Waals surface area contributed by atoms with Crippen molar-refractivity contribution < 1.29 is 0 Å². The summed E-state index contributed by atoms with van der Waals surface area (Å²) in [4.78, 5) is 0. The molecule has 0 heterocycles. The quantitative estimate of drug-likeness (QED) is 0.717. The maximum absolute atomic E-state index is 2.45. The topological polar surface area (TPSA) is 0 Å². The molecule has 2 aromatic carbocycles. The average molecular weight is 313 g/mol. The predicted octanol–water partition coefficient (Wildman–Crippen LogP) is 4.75. The Morgan fingerprint density at radius 2 is 1.14 bits per heavy atom. The van der Waals surface area contributed by atoms with Crippen LogP contribution in [0.4, 0.5) is 0 Å². The summed E-state index contributed by atoms with van der Waals surface area (Å²) < 4.78 is 0. The lowest BCUT2D eigenvalue weighted by atomic mass is 10.0. The van der Waals surface area contributed by atoms with E-state index < -0.39 is 16.1 Å². The standard InChI is InChI=1S/C19H28Si2/c1-15-12-13-17(19(14-15)21(5,6)7)16-10-8-9-11-18(16)20(2,3)4/h8-14H,1-7H3. The molecule has 0 fully saturated rings. The summed E-state index contributed by atoms with van der Waals surface area (Å²) in [5.41, 5.74) is 4.31. The third-order valence-corrected chi connectivity index (χ3v) is 8.09. The van der Waals surface area contributed by atoms with Gasteiger partial charge in [0, 0.05) is 0 Å². The largest absolute Gasteiger partial charge is 0.0784 e. The minimum Gasteiger partial charge on any atom is -0.0656 e. The molecule has 0 radical (unpaired) electrons. The van der Waals surface area contributed by atoms with Crippen LogP contribution in [0.25, 0.3) is 11.1 Å². The fourth-order valence-electron chi connectivity index (χ4n) is 2.89. The lowest BCUT2D eigenvalue weighted by molar-refractivity contribution is 1.48. The van der Waals surface area contributed by atoms with Crippen molar-refractivity contribution in [1.82, 2.24) is 0 Å². The summed E-state index contributed by atoms with van der Waals surface area (Å²) in [5, 5.41) is 3.17. The molecule has 0 saturated carbocycles. The Bertz CT molecular complexity index is 643. The predicted molar refractivity (Wildman–Crippen MR) is 103 cm³/mol. The van der Waals surface area contributed by atoms with Crippen molar-refractivity contribution in [1.29, 1.82) is 0 Å². The first-order chi connectivity index (χ1) is 9.60. The van der Waals surface area contributed by atoms with Crippen molar-refractivity contribution in [3.05, 3.63) is 48.0 Å². The van der Waals surface area contributed by atoms with Crippen molar-refractivity contribution in [3.63, 3.8) is 0 Å². The normalized spacial score (nSPS) is 12.5. The maximum atomic E-state index is 2.45.